The molecule has 160 valence electrons. The first-order valence-electron chi connectivity index (χ1n) is 10.6. The second-order valence-corrected chi connectivity index (χ2v) is 8.66. The smallest absolute Gasteiger partial charge is 0.258 e. The molecular weight excluding hydrogens is 408 g/mol. The number of benzene rings is 3. The minimum Gasteiger partial charge on any atom is -0.497 e. The van der Waals surface area contributed by atoms with Crippen LogP contribution < -0.4 is 15.0 Å². The Morgan fingerprint density at radius 1 is 1.10 bits per heavy atom. The molecule has 0 saturated heterocycles. The van der Waals surface area contributed by atoms with Crippen molar-refractivity contribution in [3.05, 3.63) is 60.2 Å². The Bertz CT molecular complexity index is 1110. The average molecular weight is 435 g/mol. The van der Waals surface area contributed by atoms with E-state index >= 15 is 0 Å². The van der Waals surface area contributed by atoms with Crippen LogP contribution in [-0.2, 0) is 4.79 Å². The van der Waals surface area contributed by atoms with Gasteiger partial charge in [-0.05, 0) is 48.9 Å². The SMILES string of the molecule is CCCCN1C(=O)c2cccc3c(NC(=O)CCSc4ccc(OC)cc4)ccc1c23. The molecule has 0 atom stereocenters. The van der Waals surface area contributed by atoms with E-state index in [2.05, 4.69) is 12.2 Å². The number of nitrogens with one attached hydrogen (secondary N) is 1. The maximum Gasteiger partial charge on any atom is 0.258 e. The summed E-state index contributed by atoms with van der Waals surface area (Å²) in [6.45, 7) is 2.84. The van der Waals surface area contributed by atoms with Gasteiger partial charge in [-0.25, -0.2) is 0 Å². The number of carbonyl (C=O) groups is 2. The van der Waals surface area contributed by atoms with Crippen LogP contribution in [0.3, 0.4) is 0 Å². The Labute approximate surface area is 186 Å². The zero-order chi connectivity index (χ0) is 21.8. The highest BCUT2D eigenvalue weighted by atomic mass is 32.2. The standard InChI is InChI=1S/C25H26N2O3S/c1-3-4-15-27-22-13-12-21(19-6-5-7-20(24(19)22)25(27)29)26-23(28)14-16-31-18-10-8-17(30-2)9-11-18/h5-13H,3-4,14-16H2,1-2H3,(H,26,28). The summed E-state index contributed by atoms with van der Waals surface area (Å²) in [5, 5.41) is 4.90. The molecule has 1 aliphatic rings. The minimum atomic E-state index is -0.0334. The fourth-order valence-corrected chi connectivity index (χ4v) is 4.69. The molecule has 6 heteroatoms. The zero-order valence-corrected chi connectivity index (χ0v) is 18.6. The fraction of sp³-hybridized carbons (Fsp3) is 0.280. The van der Waals surface area contributed by atoms with Crippen LogP contribution in [0.5, 0.6) is 5.75 Å². The third kappa shape index (κ3) is 4.39. The van der Waals surface area contributed by atoms with Crippen molar-refractivity contribution < 1.29 is 14.3 Å². The second-order valence-electron chi connectivity index (χ2n) is 7.49. The Hall–Kier alpha value is -2.99. The number of methoxy groups -OCH3 is 1. The number of carbonyl (C=O) groups excluding carboxylic acids is 2. The molecule has 0 radical (unpaired) electrons. The maximum atomic E-state index is 12.9. The molecule has 3 aromatic carbocycles. The number of nitrogens with zero attached hydrogens (tertiary/aromatic N) is 1. The van der Waals surface area contributed by atoms with Gasteiger partial charge in [0, 0.05) is 45.6 Å². The summed E-state index contributed by atoms with van der Waals surface area (Å²) in [5.41, 5.74) is 2.41. The molecule has 0 saturated carbocycles. The van der Waals surface area contributed by atoms with Crippen LogP contribution in [-0.4, -0.2) is 31.2 Å². The summed E-state index contributed by atoms with van der Waals surface area (Å²) >= 11 is 1.64. The third-order valence-electron chi connectivity index (χ3n) is 5.45. The van der Waals surface area contributed by atoms with Gasteiger partial charge in [-0.15, -0.1) is 11.8 Å². The van der Waals surface area contributed by atoms with Crippen LogP contribution in [0.25, 0.3) is 10.8 Å². The molecule has 0 spiro atoms. The molecule has 3 aromatic rings. The van der Waals surface area contributed by atoms with E-state index in [1.807, 2.05) is 59.5 Å². The van der Waals surface area contributed by atoms with Crippen LogP contribution in [0.2, 0.25) is 0 Å². The van der Waals surface area contributed by atoms with Crippen molar-refractivity contribution in [3.8, 4) is 5.75 Å². The molecule has 2 amide bonds. The van der Waals surface area contributed by atoms with Crippen LogP contribution in [0.1, 0.15) is 36.5 Å². The van der Waals surface area contributed by atoms with E-state index in [4.69, 9.17) is 4.74 Å². The average Bonchev–Trinajstić information content (AvgIpc) is 3.07. The first kappa shape index (κ1) is 21.2. The van der Waals surface area contributed by atoms with E-state index in [0.29, 0.717) is 18.7 Å². The van der Waals surface area contributed by atoms with Crippen LogP contribution in [0, 0.1) is 0 Å². The lowest BCUT2D eigenvalue weighted by Crippen LogP contribution is -2.27. The van der Waals surface area contributed by atoms with Crippen LogP contribution in [0.15, 0.2) is 59.5 Å². The third-order valence-corrected chi connectivity index (χ3v) is 6.47. The summed E-state index contributed by atoms with van der Waals surface area (Å²) < 4.78 is 5.17. The highest BCUT2D eigenvalue weighted by Gasteiger charge is 2.30. The normalized spacial score (nSPS) is 12.5. The Balaban J connectivity index is 1.45. The molecule has 1 heterocycles. The first-order chi connectivity index (χ1) is 15.1. The number of hydrogen-bond donors (Lipinski definition) is 1. The Morgan fingerprint density at radius 3 is 2.65 bits per heavy atom. The predicted octanol–water partition coefficient (Wildman–Crippen LogP) is 5.73. The molecule has 5 nitrogen and oxygen atoms in total. The van der Waals surface area contributed by atoms with Crippen molar-refractivity contribution in [1.29, 1.82) is 0 Å². The lowest BCUT2D eigenvalue weighted by molar-refractivity contribution is -0.115. The predicted molar refractivity (Wildman–Crippen MR) is 127 cm³/mol. The molecule has 0 aliphatic carbocycles. The molecule has 1 N–H and O–H groups in total. The van der Waals surface area contributed by atoms with E-state index in [1.54, 1.807) is 18.9 Å². The number of rotatable bonds is 9. The van der Waals surface area contributed by atoms with Crippen LogP contribution >= 0.6 is 11.8 Å². The molecule has 1 aliphatic heterocycles. The highest BCUT2D eigenvalue weighted by molar-refractivity contribution is 7.99. The number of ether oxygens (including phenoxy) is 1. The van der Waals surface area contributed by atoms with Crippen molar-refractivity contribution in [2.75, 3.05) is 29.6 Å². The van der Waals surface area contributed by atoms with E-state index in [1.165, 1.54) is 0 Å². The highest BCUT2D eigenvalue weighted by Crippen LogP contribution is 2.40. The molecule has 0 bridgehead atoms. The van der Waals surface area contributed by atoms with Gasteiger partial charge in [0.2, 0.25) is 5.91 Å². The van der Waals surface area contributed by atoms with Gasteiger partial charge < -0.3 is 15.0 Å². The van der Waals surface area contributed by atoms with Crippen LogP contribution in [0.4, 0.5) is 11.4 Å². The van der Waals surface area contributed by atoms with Crippen molar-refractivity contribution in [2.45, 2.75) is 31.1 Å². The van der Waals surface area contributed by atoms with Crippen molar-refractivity contribution >= 4 is 45.7 Å². The monoisotopic (exact) mass is 434 g/mol. The van der Waals surface area contributed by atoms with Gasteiger partial charge in [-0.1, -0.05) is 25.5 Å². The van der Waals surface area contributed by atoms with Gasteiger partial charge >= 0.3 is 0 Å². The number of amides is 2. The summed E-state index contributed by atoms with van der Waals surface area (Å²) in [6, 6.07) is 17.4. The molecule has 31 heavy (non-hydrogen) atoms. The topological polar surface area (TPSA) is 58.6 Å². The minimum absolute atomic E-state index is 0.0334. The summed E-state index contributed by atoms with van der Waals surface area (Å²) in [4.78, 5) is 28.4. The van der Waals surface area contributed by atoms with Gasteiger partial charge in [0.1, 0.15) is 5.75 Å². The number of anilines is 2. The van der Waals surface area contributed by atoms with Crippen molar-refractivity contribution in [2.24, 2.45) is 0 Å². The van der Waals surface area contributed by atoms with Crippen molar-refractivity contribution in [1.82, 2.24) is 0 Å². The quantitative estimate of drug-likeness (QED) is 0.437. The number of thioether (sulfide) groups is 1. The number of unbranched alkanes of at least 4 members (excludes halogenated alkanes) is 1. The summed E-state index contributed by atoms with van der Waals surface area (Å²) in [5.74, 6) is 1.52. The summed E-state index contributed by atoms with van der Waals surface area (Å²) in [6.07, 6.45) is 2.40. The molecule has 4 rings (SSSR count). The Morgan fingerprint density at radius 2 is 1.90 bits per heavy atom. The lowest BCUT2D eigenvalue weighted by Gasteiger charge is -2.17. The fourth-order valence-electron chi connectivity index (χ4n) is 3.84. The van der Waals surface area contributed by atoms with Crippen molar-refractivity contribution in [3.63, 3.8) is 0 Å². The van der Waals surface area contributed by atoms with E-state index < -0.39 is 0 Å². The van der Waals surface area contributed by atoms with E-state index in [0.717, 1.165) is 51.2 Å². The molecule has 0 unspecified atom stereocenters. The van der Waals surface area contributed by atoms with Gasteiger partial charge in [0.05, 0.1) is 12.8 Å². The van der Waals surface area contributed by atoms with Gasteiger partial charge in [-0.3, -0.25) is 9.59 Å². The summed E-state index contributed by atoms with van der Waals surface area (Å²) in [7, 11) is 1.64. The largest absolute Gasteiger partial charge is 0.497 e. The maximum absolute atomic E-state index is 12.9. The molecular formula is C25H26N2O3S. The van der Waals surface area contributed by atoms with Gasteiger partial charge in [0.15, 0.2) is 0 Å². The van der Waals surface area contributed by atoms with E-state index in [-0.39, 0.29) is 11.8 Å². The van der Waals surface area contributed by atoms with Gasteiger partial charge in [0.25, 0.3) is 5.91 Å². The molecule has 0 aromatic heterocycles. The molecule has 0 fully saturated rings. The lowest BCUT2D eigenvalue weighted by atomic mass is 10.0. The first-order valence-corrected chi connectivity index (χ1v) is 11.5. The Kier molecular flexibility index (Phi) is 6.47. The van der Waals surface area contributed by atoms with E-state index in [9.17, 15) is 9.59 Å². The number of hydrogen-bond acceptors (Lipinski definition) is 4. The second kappa shape index (κ2) is 9.43. The zero-order valence-electron chi connectivity index (χ0n) is 17.8. The van der Waals surface area contributed by atoms with Gasteiger partial charge in [-0.2, -0.15) is 0 Å².